The van der Waals surface area contributed by atoms with E-state index in [1.165, 1.54) is 22.4 Å². The summed E-state index contributed by atoms with van der Waals surface area (Å²) in [5, 5.41) is 3.56. The Morgan fingerprint density at radius 2 is 1.94 bits per heavy atom. The van der Waals surface area contributed by atoms with Crippen molar-refractivity contribution < 1.29 is 4.74 Å². The van der Waals surface area contributed by atoms with Gasteiger partial charge in [0.25, 0.3) is 0 Å². The number of rotatable bonds is 4. The Morgan fingerprint density at radius 1 is 1.12 bits per heavy atom. The van der Waals surface area contributed by atoms with E-state index in [0.29, 0.717) is 0 Å². The van der Waals surface area contributed by atoms with E-state index >= 15 is 0 Å². The van der Waals surface area contributed by atoms with E-state index in [9.17, 15) is 0 Å². The maximum absolute atomic E-state index is 5.66. The van der Waals surface area contributed by atoms with Crippen molar-refractivity contribution in [2.75, 3.05) is 62.7 Å². The highest BCUT2D eigenvalue weighted by molar-refractivity contribution is 5.80. The van der Waals surface area contributed by atoms with Gasteiger partial charge in [-0.05, 0) is 55.7 Å². The van der Waals surface area contributed by atoms with Crippen molar-refractivity contribution in [2.45, 2.75) is 33.4 Å². The molecule has 1 aromatic carbocycles. The third-order valence-corrected chi connectivity index (χ3v) is 6.53. The van der Waals surface area contributed by atoms with Gasteiger partial charge in [0.1, 0.15) is 5.82 Å². The van der Waals surface area contributed by atoms with Gasteiger partial charge < -0.3 is 24.8 Å². The summed E-state index contributed by atoms with van der Waals surface area (Å²) in [6, 6.07) is 10.8. The lowest BCUT2D eigenvalue weighted by molar-refractivity contribution is 0.0529. The molecule has 0 radical (unpaired) electrons. The zero-order chi connectivity index (χ0) is 22.5. The SMILES string of the molecule is CN=C(NCc1ccnc(N2CCOC(C)C2)c1)N1CCN(c2cccc(C)c2C)CC1. The summed E-state index contributed by atoms with van der Waals surface area (Å²) in [6.45, 7) is 13.7. The minimum atomic E-state index is 0.244. The summed E-state index contributed by atoms with van der Waals surface area (Å²) < 4.78 is 5.66. The monoisotopic (exact) mass is 436 g/mol. The first kappa shape index (κ1) is 22.4. The van der Waals surface area contributed by atoms with Gasteiger partial charge in [-0.1, -0.05) is 12.1 Å². The highest BCUT2D eigenvalue weighted by Gasteiger charge is 2.21. The molecule has 2 saturated heterocycles. The number of pyridine rings is 1. The third kappa shape index (κ3) is 5.15. The number of nitrogens with one attached hydrogen (secondary N) is 1. The van der Waals surface area contributed by atoms with Crippen LogP contribution in [0.5, 0.6) is 0 Å². The Balaban J connectivity index is 1.33. The number of ether oxygens (including phenoxy) is 1. The molecule has 7 heteroatoms. The maximum Gasteiger partial charge on any atom is 0.194 e. The van der Waals surface area contributed by atoms with Gasteiger partial charge in [-0.25, -0.2) is 4.98 Å². The molecule has 2 aliphatic heterocycles. The Labute approximate surface area is 192 Å². The van der Waals surface area contributed by atoms with Crippen molar-refractivity contribution in [1.29, 1.82) is 0 Å². The number of anilines is 2. The van der Waals surface area contributed by atoms with Crippen molar-refractivity contribution in [3.8, 4) is 0 Å². The molecule has 7 nitrogen and oxygen atoms in total. The van der Waals surface area contributed by atoms with Gasteiger partial charge in [-0.3, -0.25) is 4.99 Å². The summed E-state index contributed by atoms with van der Waals surface area (Å²) in [6.07, 6.45) is 2.14. The molecule has 0 saturated carbocycles. The van der Waals surface area contributed by atoms with E-state index in [1.54, 1.807) is 0 Å². The predicted octanol–water partition coefficient (Wildman–Crippen LogP) is 2.82. The van der Waals surface area contributed by atoms with Gasteiger partial charge >= 0.3 is 0 Å². The molecule has 1 N–H and O–H groups in total. The normalized spacial score (nSPS) is 19.9. The topological polar surface area (TPSA) is 56.2 Å². The predicted molar refractivity (Wildman–Crippen MR) is 132 cm³/mol. The third-order valence-electron chi connectivity index (χ3n) is 6.53. The fourth-order valence-electron chi connectivity index (χ4n) is 4.52. The van der Waals surface area contributed by atoms with Crippen LogP contribution in [0.3, 0.4) is 0 Å². The molecule has 4 rings (SSSR count). The molecule has 1 atom stereocenters. The van der Waals surface area contributed by atoms with Crippen molar-refractivity contribution in [1.82, 2.24) is 15.2 Å². The average Bonchev–Trinajstić information content (AvgIpc) is 2.82. The first-order valence-corrected chi connectivity index (χ1v) is 11.6. The Hall–Kier alpha value is -2.80. The number of nitrogens with zero attached hydrogens (tertiary/aromatic N) is 5. The molecule has 32 heavy (non-hydrogen) atoms. The Bertz CT molecular complexity index is 938. The van der Waals surface area contributed by atoms with Crippen molar-refractivity contribution in [2.24, 2.45) is 4.99 Å². The number of guanidine groups is 1. The largest absolute Gasteiger partial charge is 0.375 e. The highest BCUT2D eigenvalue weighted by Crippen LogP contribution is 2.24. The zero-order valence-corrected chi connectivity index (χ0v) is 19.8. The van der Waals surface area contributed by atoms with E-state index in [0.717, 1.165) is 64.2 Å². The smallest absolute Gasteiger partial charge is 0.194 e. The van der Waals surface area contributed by atoms with Crippen LogP contribution < -0.4 is 15.1 Å². The quantitative estimate of drug-likeness (QED) is 0.588. The summed E-state index contributed by atoms with van der Waals surface area (Å²) in [4.78, 5) is 16.3. The van der Waals surface area contributed by atoms with Gasteiger partial charge in [0.05, 0.1) is 12.7 Å². The zero-order valence-electron chi connectivity index (χ0n) is 19.8. The first-order valence-electron chi connectivity index (χ1n) is 11.6. The average molecular weight is 437 g/mol. The number of hydrogen-bond donors (Lipinski definition) is 1. The lowest BCUT2D eigenvalue weighted by atomic mass is 10.1. The number of aromatic nitrogens is 1. The first-order chi connectivity index (χ1) is 15.5. The number of hydrogen-bond acceptors (Lipinski definition) is 5. The minimum absolute atomic E-state index is 0.244. The summed E-state index contributed by atoms with van der Waals surface area (Å²) in [5.41, 5.74) is 5.30. The molecule has 2 aromatic rings. The second-order valence-corrected chi connectivity index (χ2v) is 8.74. The van der Waals surface area contributed by atoms with Crippen molar-refractivity contribution in [3.63, 3.8) is 0 Å². The van der Waals surface area contributed by atoms with E-state index in [4.69, 9.17) is 4.74 Å². The van der Waals surface area contributed by atoms with Crippen LogP contribution >= 0.6 is 0 Å². The molecule has 0 amide bonds. The van der Waals surface area contributed by atoms with Crippen LogP contribution in [0, 0.1) is 13.8 Å². The van der Waals surface area contributed by atoms with Gasteiger partial charge in [0, 0.05) is 64.7 Å². The lowest BCUT2D eigenvalue weighted by Crippen LogP contribution is -2.52. The second-order valence-electron chi connectivity index (χ2n) is 8.74. The Kier molecular flexibility index (Phi) is 7.15. The number of aryl methyl sites for hydroxylation is 1. The molecule has 3 heterocycles. The van der Waals surface area contributed by atoms with Gasteiger partial charge in [-0.2, -0.15) is 0 Å². The van der Waals surface area contributed by atoms with Crippen LogP contribution in [-0.4, -0.2) is 74.9 Å². The minimum Gasteiger partial charge on any atom is -0.375 e. The summed E-state index contributed by atoms with van der Waals surface area (Å²) in [7, 11) is 1.87. The molecule has 2 fully saturated rings. The van der Waals surface area contributed by atoms with Crippen molar-refractivity contribution >= 4 is 17.5 Å². The fourth-order valence-corrected chi connectivity index (χ4v) is 4.52. The van der Waals surface area contributed by atoms with Crippen LogP contribution in [0.1, 0.15) is 23.6 Å². The molecule has 2 aliphatic rings. The highest BCUT2D eigenvalue weighted by atomic mass is 16.5. The molecule has 0 bridgehead atoms. The van der Waals surface area contributed by atoms with E-state index in [-0.39, 0.29) is 6.10 Å². The number of morpholine rings is 1. The number of benzene rings is 1. The molecule has 0 spiro atoms. The fraction of sp³-hybridized carbons (Fsp3) is 0.520. The molecular weight excluding hydrogens is 400 g/mol. The van der Waals surface area contributed by atoms with Crippen LogP contribution in [0.15, 0.2) is 41.5 Å². The van der Waals surface area contributed by atoms with E-state index < -0.39 is 0 Å². The lowest BCUT2D eigenvalue weighted by Gasteiger charge is -2.38. The van der Waals surface area contributed by atoms with Crippen LogP contribution in [0.25, 0.3) is 0 Å². The van der Waals surface area contributed by atoms with E-state index in [2.05, 4.69) is 81.1 Å². The number of aliphatic imine (C=N–C) groups is 1. The number of piperazine rings is 1. The molecule has 1 unspecified atom stereocenters. The molecule has 0 aliphatic carbocycles. The van der Waals surface area contributed by atoms with Crippen LogP contribution in [-0.2, 0) is 11.3 Å². The standard InChI is InChI=1S/C25H36N6O/c1-19-6-5-7-23(21(19)3)29-10-12-30(13-11-29)25(26-4)28-17-22-8-9-27-24(16-22)31-14-15-32-20(2)18-31/h5-9,16,20H,10-15,17-18H2,1-4H3,(H,26,28). The molecule has 172 valence electrons. The van der Waals surface area contributed by atoms with Crippen LogP contribution in [0.4, 0.5) is 11.5 Å². The van der Waals surface area contributed by atoms with Gasteiger partial charge in [0.2, 0.25) is 0 Å². The molecular formula is C25H36N6O. The molecule has 1 aromatic heterocycles. The summed E-state index contributed by atoms with van der Waals surface area (Å²) in [5.74, 6) is 1.99. The maximum atomic E-state index is 5.66. The Morgan fingerprint density at radius 3 is 2.69 bits per heavy atom. The van der Waals surface area contributed by atoms with Gasteiger partial charge in [-0.15, -0.1) is 0 Å². The van der Waals surface area contributed by atoms with Crippen molar-refractivity contribution in [3.05, 3.63) is 53.2 Å². The summed E-state index contributed by atoms with van der Waals surface area (Å²) >= 11 is 0. The van der Waals surface area contributed by atoms with E-state index in [1.807, 2.05) is 13.2 Å². The van der Waals surface area contributed by atoms with Crippen LogP contribution in [0.2, 0.25) is 0 Å². The van der Waals surface area contributed by atoms with Gasteiger partial charge in [0.15, 0.2) is 5.96 Å². The second kappa shape index (κ2) is 10.2.